The van der Waals surface area contributed by atoms with Crippen LogP contribution in [0.15, 0.2) is 81.7 Å². The molecule has 2 aromatic rings. The number of ether oxygens (including phenoxy) is 2. The van der Waals surface area contributed by atoms with E-state index in [0.717, 1.165) is 34.2 Å². The summed E-state index contributed by atoms with van der Waals surface area (Å²) in [7, 11) is 2.85. The summed E-state index contributed by atoms with van der Waals surface area (Å²) in [6.45, 7) is 0. The van der Waals surface area contributed by atoms with Gasteiger partial charge in [-0.1, -0.05) is 36.4 Å². The lowest BCUT2D eigenvalue weighted by molar-refractivity contribution is -0.135. The Morgan fingerprint density at radius 1 is 1.07 bits per heavy atom. The minimum Gasteiger partial charge on any atom is -0.496 e. The lowest BCUT2D eigenvalue weighted by Crippen LogP contribution is -2.23. The van der Waals surface area contributed by atoms with E-state index >= 15 is 0 Å². The first kappa shape index (κ1) is 21.1. The van der Waals surface area contributed by atoms with Gasteiger partial charge in [-0.3, -0.25) is 4.79 Å². The number of allylic oxidation sites excluding steroid dienone is 1. The first-order valence-corrected chi connectivity index (χ1v) is 9.73. The van der Waals surface area contributed by atoms with Gasteiger partial charge in [-0.25, -0.2) is 9.79 Å². The van der Waals surface area contributed by atoms with E-state index in [2.05, 4.69) is 14.8 Å². The average molecular weight is 421 g/mol. The molecule has 0 unspecified atom stereocenters. The van der Waals surface area contributed by atoms with Crippen LogP contribution in [-0.2, 0) is 14.3 Å². The molecule has 0 aromatic heterocycles. The van der Waals surface area contributed by atoms with Crippen LogP contribution in [0.5, 0.6) is 5.75 Å². The molecule has 0 saturated carbocycles. The second kappa shape index (κ2) is 10.2. The smallest absolute Gasteiger partial charge is 0.331 e. The molecule has 0 spiro atoms. The predicted octanol–water partition coefficient (Wildman–Crippen LogP) is 4.01. The summed E-state index contributed by atoms with van der Waals surface area (Å²) in [6, 6.07) is 16.7. The van der Waals surface area contributed by atoms with Crippen molar-refractivity contribution in [3.8, 4) is 5.75 Å². The first-order chi connectivity index (χ1) is 14.6. The van der Waals surface area contributed by atoms with Crippen LogP contribution in [0.4, 0.5) is 5.69 Å². The molecule has 0 atom stereocenters. The largest absolute Gasteiger partial charge is 0.496 e. The van der Waals surface area contributed by atoms with Crippen LogP contribution in [-0.4, -0.2) is 42.5 Å². The highest BCUT2D eigenvalue weighted by Gasteiger charge is 2.34. The van der Waals surface area contributed by atoms with Crippen molar-refractivity contribution in [2.24, 2.45) is 10.1 Å². The van der Waals surface area contributed by atoms with Gasteiger partial charge in [-0.05, 0) is 42.1 Å². The molecule has 0 bridgehead atoms. The van der Waals surface area contributed by atoms with E-state index in [1.165, 1.54) is 13.3 Å². The van der Waals surface area contributed by atoms with Crippen molar-refractivity contribution < 1.29 is 19.1 Å². The number of rotatable bonds is 6. The standard InChI is InChI=1S/C22H19N3O4S/c1-28-18-13-7-6-9-16(18)10-8-14-23-25-21(27)19(15-20(26)29-2)30-22(25)24-17-11-4-3-5-12-17/h3-15H,1-2H3/b10-8+,19-15-,23-14+,24-22?. The number of hydrazone groups is 1. The third kappa shape index (κ3) is 5.24. The van der Waals surface area contributed by atoms with Gasteiger partial charge in [0.05, 0.1) is 24.8 Å². The Morgan fingerprint density at radius 2 is 1.80 bits per heavy atom. The van der Waals surface area contributed by atoms with E-state index in [9.17, 15) is 9.59 Å². The zero-order valence-corrected chi connectivity index (χ0v) is 17.2. The Morgan fingerprint density at radius 3 is 2.53 bits per heavy atom. The second-order valence-electron chi connectivity index (χ2n) is 5.85. The molecule has 0 aliphatic carbocycles. The van der Waals surface area contributed by atoms with Crippen LogP contribution in [0.1, 0.15) is 5.56 Å². The molecule has 0 N–H and O–H groups in total. The van der Waals surface area contributed by atoms with Crippen LogP contribution in [0.25, 0.3) is 6.08 Å². The monoisotopic (exact) mass is 421 g/mol. The highest BCUT2D eigenvalue weighted by Crippen LogP contribution is 2.33. The van der Waals surface area contributed by atoms with Crippen molar-refractivity contribution in [3.05, 3.63) is 77.2 Å². The number of carbonyl (C=O) groups excluding carboxylic acids is 2. The molecular formula is C22H19N3O4S. The zero-order valence-electron chi connectivity index (χ0n) is 16.4. The molecule has 7 nitrogen and oxygen atoms in total. The number of benzene rings is 2. The Bertz CT molecular complexity index is 1050. The lowest BCUT2D eigenvalue weighted by atomic mass is 10.2. The molecule has 1 aliphatic heterocycles. The number of aliphatic imine (C=N–C) groups is 1. The van der Waals surface area contributed by atoms with Crippen LogP contribution >= 0.6 is 11.8 Å². The van der Waals surface area contributed by atoms with Gasteiger partial charge in [-0.2, -0.15) is 10.1 Å². The van der Waals surface area contributed by atoms with Gasteiger partial charge < -0.3 is 9.47 Å². The van der Waals surface area contributed by atoms with Crippen molar-refractivity contribution in [2.45, 2.75) is 0 Å². The molecule has 152 valence electrons. The number of thioether (sulfide) groups is 1. The van der Waals surface area contributed by atoms with Crippen LogP contribution < -0.4 is 4.74 Å². The van der Waals surface area contributed by atoms with Gasteiger partial charge in [0.1, 0.15) is 5.75 Å². The van der Waals surface area contributed by atoms with Crippen molar-refractivity contribution in [1.82, 2.24) is 5.01 Å². The Kier molecular flexibility index (Phi) is 7.18. The molecule has 1 amide bonds. The molecule has 30 heavy (non-hydrogen) atoms. The zero-order chi connectivity index (χ0) is 21.3. The summed E-state index contributed by atoms with van der Waals surface area (Å²) in [5, 5.41) is 5.71. The van der Waals surface area contributed by atoms with Crippen molar-refractivity contribution in [2.75, 3.05) is 14.2 Å². The topological polar surface area (TPSA) is 80.6 Å². The molecule has 1 saturated heterocycles. The lowest BCUT2D eigenvalue weighted by Gasteiger charge is -2.07. The fourth-order valence-corrected chi connectivity index (χ4v) is 3.37. The van der Waals surface area contributed by atoms with Crippen LogP contribution in [0.3, 0.4) is 0 Å². The van der Waals surface area contributed by atoms with Gasteiger partial charge in [-0.15, -0.1) is 0 Å². The minimum atomic E-state index is -0.619. The summed E-state index contributed by atoms with van der Waals surface area (Å²) >= 11 is 1.05. The van der Waals surface area contributed by atoms with Gasteiger partial charge in [0, 0.05) is 17.9 Å². The molecule has 3 rings (SSSR count). The minimum absolute atomic E-state index is 0.183. The maximum Gasteiger partial charge on any atom is 0.331 e. The van der Waals surface area contributed by atoms with Crippen molar-refractivity contribution >= 4 is 46.8 Å². The first-order valence-electron chi connectivity index (χ1n) is 8.91. The molecule has 8 heteroatoms. The normalized spacial score (nSPS) is 16.9. The fourth-order valence-electron chi connectivity index (χ4n) is 2.47. The van der Waals surface area contributed by atoms with Crippen molar-refractivity contribution in [1.29, 1.82) is 0 Å². The van der Waals surface area contributed by atoms with E-state index in [1.54, 1.807) is 13.2 Å². The second-order valence-corrected chi connectivity index (χ2v) is 6.86. The molecule has 1 heterocycles. The molecular weight excluding hydrogens is 402 g/mol. The van der Waals surface area contributed by atoms with E-state index in [0.29, 0.717) is 10.9 Å². The Labute approximate surface area is 178 Å². The van der Waals surface area contributed by atoms with E-state index in [-0.39, 0.29) is 4.91 Å². The summed E-state index contributed by atoms with van der Waals surface area (Å²) in [6.07, 6.45) is 6.12. The number of amides is 1. The van der Waals surface area contributed by atoms with Crippen LogP contribution in [0.2, 0.25) is 0 Å². The number of para-hydroxylation sites is 2. The summed E-state index contributed by atoms with van der Waals surface area (Å²) in [4.78, 5) is 28.9. The number of carbonyl (C=O) groups is 2. The third-order valence-electron chi connectivity index (χ3n) is 3.90. The van der Waals surface area contributed by atoms with Gasteiger partial charge in [0.15, 0.2) is 5.17 Å². The highest BCUT2D eigenvalue weighted by molar-refractivity contribution is 8.18. The molecule has 2 aromatic carbocycles. The highest BCUT2D eigenvalue weighted by atomic mass is 32.2. The van der Waals surface area contributed by atoms with E-state index < -0.39 is 11.9 Å². The van der Waals surface area contributed by atoms with Gasteiger partial charge in [0.25, 0.3) is 5.91 Å². The van der Waals surface area contributed by atoms with Crippen molar-refractivity contribution in [3.63, 3.8) is 0 Å². The van der Waals surface area contributed by atoms with Gasteiger partial charge in [0.2, 0.25) is 0 Å². The number of methoxy groups -OCH3 is 2. The maximum absolute atomic E-state index is 12.7. The summed E-state index contributed by atoms with van der Waals surface area (Å²) in [5.74, 6) is -0.349. The third-order valence-corrected chi connectivity index (χ3v) is 4.86. The number of esters is 1. The van der Waals surface area contributed by atoms with Crippen LogP contribution in [0, 0.1) is 0 Å². The van der Waals surface area contributed by atoms with E-state index in [4.69, 9.17) is 4.74 Å². The van der Waals surface area contributed by atoms with Gasteiger partial charge >= 0.3 is 5.97 Å². The quantitative estimate of drug-likeness (QED) is 0.400. The number of hydrogen-bond acceptors (Lipinski definition) is 7. The summed E-state index contributed by atoms with van der Waals surface area (Å²) < 4.78 is 9.92. The summed E-state index contributed by atoms with van der Waals surface area (Å²) in [5.41, 5.74) is 1.54. The molecule has 1 aliphatic rings. The number of nitrogens with zero attached hydrogens (tertiary/aromatic N) is 3. The average Bonchev–Trinajstić information content (AvgIpc) is 3.06. The maximum atomic E-state index is 12.7. The number of hydrogen-bond donors (Lipinski definition) is 0. The molecule has 0 radical (unpaired) electrons. The SMILES string of the molecule is COC(=O)/C=C1\SC(=Nc2ccccc2)N(/N=C/C=C/c2ccccc2OC)C1=O. The Hall–Kier alpha value is -3.65. The fraction of sp³-hybridized carbons (Fsp3) is 0.0909. The predicted molar refractivity (Wildman–Crippen MR) is 119 cm³/mol. The Balaban J connectivity index is 1.86. The van der Waals surface area contributed by atoms with E-state index in [1.807, 2.05) is 60.7 Å². The number of amidine groups is 1. The molecule has 1 fully saturated rings.